The van der Waals surface area contributed by atoms with Gasteiger partial charge in [-0.3, -0.25) is 4.79 Å². The molecule has 0 radical (unpaired) electrons. The van der Waals surface area contributed by atoms with Gasteiger partial charge < -0.3 is 15.2 Å². The van der Waals surface area contributed by atoms with E-state index >= 15 is 0 Å². The van der Waals surface area contributed by atoms with E-state index in [1.807, 2.05) is 0 Å². The average Bonchev–Trinajstić information content (AvgIpc) is 3.43. The van der Waals surface area contributed by atoms with Crippen molar-refractivity contribution in [2.24, 2.45) is 5.92 Å². The Labute approximate surface area is 209 Å². The van der Waals surface area contributed by atoms with Crippen molar-refractivity contribution in [3.05, 3.63) is 59.3 Å². The first-order valence-corrected chi connectivity index (χ1v) is 13.7. The second kappa shape index (κ2) is 10.0. The Bertz CT molecular complexity index is 1440. The van der Waals surface area contributed by atoms with Gasteiger partial charge in [-0.05, 0) is 25.5 Å². The maximum Gasteiger partial charge on any atom is 0.395 e. The van der Waals surface area contributed by atoms with Gasteiger partial charge in [0.15, 0.2) is 5.13 Å². The number of thiazole rings is 1. The number of carbonyl (C=O) groups excluding carboxylic acids is 1. The van der Waals surface area contributed by atoms with Crippen LogP contribution in [0.1, 0.15) is 34.8 Å². The van der Waals surface area contributed by atoms with Crippen LogP contribution in [0, 0.1) is 5.92 Å². The van der Waals surface area contributed by atoms with Crippen LogP contribution in [0.5, 0.6) is 0 Å². The number of alkyl halides is 3. The van der Waals surface area contributed by atoms with Crippen molar-refractivity contribution < 1.29 is 26.4 Å². The van der Waals surface area contributed by atoms with Crippen LogP contribution in [-0.2, 0) is 16.4 Å². The van der Waals surface area contributed by atoms with E-state index in [0.29, 0.717) is 21.9 Å². The number of carbonyl (C=O) groups is 1. The SMILES string of the molecule is CC(NC(=O)c1cc2c(cn1)ncn2CCS(C)(=O)=O)c1cnc(NC2=CCC(C(F)(F)F)C=C2)s1. The van der Waals surface area contributed by atoms with E-state index in [-0.39, 0.29) is 24.4 Å². The molecule has 192 valence electrons. The summed E-state index contributed by atoms with van der Waals surface area (Å²) in [5.74, 6) is -1.98. The van der Waals surface area contributed by atoms with Crippen molar-refractivity contribution in [2.75, 3.05) is 17.3 Å². The number of rotatable bonds is 8. The predicted octanol–water partition coefficient (Wildman–Crippen LogP) is 3.86. The lowest BCUT2D eigenvalue weighted by Crippen LogP contribution is -2.27. The van der Waals surface area contributed by atoms with Gasteiger partial charge >= 0.3 is 6.18 Å². The van der Waals surface area contributed by atoms with Gasteiger partial charge in [-0.1, -0.05) is 23.5 Å². The highest BCUT2D eigenvalue weighted by Gasteiger charge is 2.37. The number of halogens is 3. The number of nitrogens with one attached hydrogen (secondary N) is 2. The van der Waals surface area contributed by atoms with Crippen LogP contribution in [0.3, 0.4) is 0 Å². The third-order valence-corrected chi connectivity index (χ3v) is 7.53. The fraction of sp³-hybridized carbons (Fsp3) is 0.364. The lowest BCUT2D eigenvalue weighted by Gasteiger charge is -2.19. The molecule has 4 rings (SSSR count). The Morgan fingerprint density at radius 3 is 2.72 bits per heavy atom. The molecule has 0 aromatic carbocycles. The molecule has 3 heterocycles. The first-order chi connectivity index (χ1) is 16.9. The van der Waals surface area contributed by atoms with Gasteiger partial charge in [0.1, 0.15) is 21.0 Å². The molecule has 14 heteroatoms. The lowest BCUT2D eigenvalue weighted by atomic mass is 9.99. The van der Waals surface area contributed by atoms with E-state index in [9.17, 15) is 26.4 Å². The topological polar surface area (TPSA) is 119 Å². The third kappa shape index (κ3) is 6.29. The first kappa shape index (κ1) is 25.8. The van der Waals surface area contributed by atoms with E-state index in [1.54, 1.807) is 23.8 Å². The fourth-order valence-corrected chi connectivity index (χ4v) is 4.86. The molecule has 1 aliphatic carbocycles. The Balaban J connectivity index is 1.39. The largest absolute Gasteiger partial charge is 0.395 e. The molecule has 9 nitrogen and oxygen atoms in total. The summed E-state index contributed by atoms with van der Waals surface area (Å²) < 4.78 is 63.0. The number of fused-ring (bicyclic) bond motifs is 1. The van der Waals surface area contributed by atoms with Crippen molar-refractivity contribution in [1.82, 2.24) is 24.8 Å². The van der Waals surface area contributed by atoms with Gasteiger partial charge in [0, 0.05) is 29.6 Å². The van der Waals surface area contributed by atoms with Crippen LogP contribution in [0.4, 0.5) is 18.3 Å². The summed E-state index contributed by atoms with van der Waals surface area (Å²) in [4.78, 5) is 26.1. The smallest absolute Gasteiger partial charge is 0.343 e. The molecule has 2 unspecified atom stereocenters. The molecule has 3 aromatic rings. The van der Waals surface area contributed by atoms with Gasteiger partial charge in [-0.15, -0.1) is 0 Å². The molecular weight excluding hydrogens is 517 g/mol. The fourth-order valence-electron chi connectivity index (χ4n) is 3.49. The molecule has 1 amide bonds. The minimum absolute atomic E-state index is 0.0588. The van der Waals surface area contributed by atoms with E-state index < -0.39 is 33.9 Å². The van der Waals surface area contributed by atoms with Crippen LogP contribution in [0.15, 0.2) is 48.7 Å². The minimum Gasteiger partial charge on any atom is -0.343 e. The second-order valence-electron chi connectivity index (χ2n) is 8.42. The van der Waals surface area contributed by atoms with Gasteiger partial charge in [0.05, 0.1) is 35.8 Å². The molecule has 2 N–H and O–H groups in total. The number of hydrogen-bond donors (Lipinski definition) is 2. The predicted molar refractivity (Wildman–Crippen MR) is 130 cm³/mol. The molecule has 0 saturated heterocycles. The standard InChI is InChI=1S/C22H23F3N6O3S2/c1-13(19-11-27-21(35-19)30-15-5-3-14(4-6-15)22(23,24)25)29-20(32)16-9-18-17(10-26-16)28-12-31(18)7-8-36(2,33)34/h3,5-6,9-14H,4,7-8H2,1-2H3,(H,27,30)(H,29,32). The normalized spacial score (nSPS) is 17.1. The van der Waals surface area contributed by atoms with Crippen molar-refractivity contribution in [1.29, 1.82) is 0 Å². The lowest BCUT2D eigenvalue weighted by molar-refractivity contribution is -0.160. The van der Waals surface area contributed by atoms with E-state index in [1.165, 1.54) is 36.0 Å². The second-order valence-corrected chi connectivity index (χ2v) is 11.7. The summed E-state index contributed by atoms with van der Waals surface area (Å²) in [5.41, 5.74) is 1.81. The van der Waals surface area contributed by atoms with Crippen LogP contribution in [-0.4, -0.2) is 52.0 Å². The maximum atomic E-state index is 12.8. The molecule has 2 atom stereocenters. The number of anilines is 1. The van der Waals surface area contributed by atoms with Crippen LogP contribution in [0.2, 0.25) is 0 Å². The summed E-state index contributed by atoms with van der Waals surface area (Å²) in [6, 6.07) is 1.14. The van der Waals surface area contributed by atoms with Crippen molar-refractivity contribution in [3.8, 4) is 0 Å². The molecule has 0 saturated carbocycles. The number of aromatic nitrogens is 4. The zero-order valence-corrected chi connectivity index (χ0v) is 20.9. The van der Waals surface area contributed by atoms with E-state index in [4.69, 9.17) is 0 Å². The zero-order chi connectivity index (χ0) is 26.1. The summed E-state index contributed by atoms with van der Waals surface area (Å²) >= 11 is 1.27. The number of allylic oxidation sites excluding steroid dienone is 3. The van der Waals surface area contributed by atoms with Gasteiger partial charge in [0.2, 0.25) is 0 Å². The first-order valence-electron chi connectivity index (χ1n) is 10.9. The number of imidazole rings is 1. The Morgan fingerprint density at radius 1 is 1.28 bits per heavy atom. The Hall–Kier alpha value is -3.26. The van der Waals surface area contributed by atoms with Crippen LogP contribution in [0.25, 0.3) is 11.0 Å². The number of pyridine rings is 1. The van der Waals surface area contributed by atoms with Crippen LogP contribution < -0.4 is 10.6 Å². The molecule has 0 bridgehead atoms. The van der Waals surface area contributed by atoms with E-state index in [2.05, 4.69) is 25.6 Å². The van der Waals surface area contributed by atoms with Gasteiger partial charge in [-0.2, -0.15) is 13.2 Å². The zero-order valence-electron chi connectivity index (χ0n) is 19.3. The highest BCUT2D eigenvalue weighted by molar-refractivity contribution is 7.90. The number of hydrogen-bond acceptors (Lipinski definition) is 8. The molecule has 3 aromatic heterocycles. The summed E-state index contributed by atoms with van der Waals surface area (Å²) in [7, 11) is -3.16. The molecular formula is C22H23F3N6O3S2. The average molecular weight is 541 g/mol. The minimum atomic E-state index is -4.27. The third-order valence-electron chi connectivity index (χ3n) is 5.51. The molecule has 0 aliphatic heterocycles. The Kier molecular flexibility index (Phi) is 7.18. The van der Waals surface area contributed by atoms with E-state index in [0.717, 1.165) is 17.2 Å². The van der Waals surface area contributed by atoms with Crippen LogP contribution >= 0.6 is 11.3 Å². The quantitative estimate of drug-likeness (QED) is 0.445. The number of sulfone groups is 1. The summed E-state index contributed by atoms with van der Waals surface area (Å²) in [6.07, 6.45) is 5.27. The van der Waals surface area contributed by atoms with Crippen molar-refractivity contribution in [3.63, 3.8) is 0 Å². The van der Waals surface area contributed by atoms with Gasteiger partial charge in [-0.25, -0.2) is 23.4 Å². The monoisotopic (exact) mass is 540 g/mol. The maximum absolute atomic E-state index is 12.8. The number of amides is 1. The molecule has 1 aliphatic rings. The number of aryl methyl sites for hydroxylation is 1. The van der Waals surface area contributed by atoms with Gasteiger partial charge in [0.25, 0.3) is 5.91 Å². The highest BCUT2D eigenvalue weighted by Crippen LogP contribution is 2.34. The van der Waals surface area contributed by atoms with Crippen molar-refractivity contribution in [2.45, 2.75) is 32.1 Å². The molecule has 36 heavy (non-hydrogen) atoms. The highest BCUT2D eigenvalue weighted by atomic mass is 32.2. The molecule has 0 spiro atoms. The number of nitrogens with zero attached hydrogens (tertiary/aromatic N) is 4. The van der Waals surface area contributed by atoms with Crippen molar-refractivity contribution >= 4 is 43.2 Å². The summed E-state index contributed by atoms with van der Waals surface area (Å²) in [6.45, 7) is 1.98. The molecule has 0 fully saturated rings. The summed E-state index contributed by atoms with van der Waals surface area (Å²) in [5, 5.41) is 6.33. The Morgan fingerprint density at radius 2 is 2.06 bits per heavy atom.